The molecule has 4 aromatic carbocycles. The molecule has 0 bridgehead atoms. The first-order valence-electron chi connectivity index (χ1n) is 12.8. The van der Waals surface area contributed by atoms with E-state index in [2.05, 4.69) is 35.5 Å². The van der Waals surface area contributed by atoms with Crippen LogP contribution < -0.4 is 0 Å². The van der Waals surface area contributed by atoms with Gasteiger partial charge in [0.05, 0.1) is 24.3 Å². The van der Waals surface area contributed by atoms with Crippen molar-refractivity contribution in [2.45, 2.75) is 13.8 Å². The Kier molecular flexibility index (Phi) is 9.55. The maximum absolute atomic E-state index is 12.3. The van der Waals surface area contributed by atoms with E-state index in [9.17, 15) is 9.59 Å². The van der Waals surface area contributed by atoms with Crippen molar-refractivity contribution in [3.05, 3.63) is 142 Å². The van der Waals surface area contributed by atoms with Gasteiger partial charge in [0.25, 0.3) is 0 Å². The van der Waals surface area contributed by atoms with Gasteiger partial charge in [-0.1, -0.05) is 53.7 Å². The highest BCUT2D eigenvalue weighted by molar-refractivity contribution is 5.96. The van der Waals surface area contributed by atoms with Gasteiger partial charge in [0.2, 0.25) is 0 Å². The molecule has 0 atom stereocenters. The zero-order valence-electron chi connectivity index (χ0n) is 22.3. The van der Waals surface area contributed by atoms with E-state index in [1.54, 1.807) is 26.0 Å². The van der Waals surface area contributed by atoms with Crippen LogP contribution in [0.4, 0.5) is 0 Å². The summed E-state index contributed by atoms with van der Waals surface area (Å²) in [6.45, 7) is 3.91. The summed E-state index contributed by atoms with van der Waals surface area (Å²) < 4.78 is 10.2. The van der Waals surface area contributed by atoms with E-state index in [0.29, 0.717) is 5.56 Å². The molecule has 0 aliphatic heterocycles. The smallest absolute Gasteiger partial charge is 0.338 e. The van der Waals surface area contributed by atoms with Crippen molar-refractivity contribution in [2.24, 2.45) is 0 Å². The average molecular weight is 523 g/mol. The van der Waals surface area contributed by atoms with Gasteiger partial charge >= 0.3 is 11.9 Å². The average Bonchev–Trinajstić information content (AvgIpc) is 2.99. The predicted octanol–water partition coefficient (Wildman–Crippen LogP) is 6.24. The molecule has 40 heavy (non-hydrogen) atoms. The van der Waals surface area contributed by atoms with Gasteiger partial charge in [-0.15, -0.1) is 0 Å². The quantitative estimate of drug-likeness (QED) is 0.235. The van der Waals surface area contributed by atoms with Crippen molar-refractivity contribution in [1.29, 1.82) is 0 Å². The first kappa shape index (κ1) is 27.5. The molecule has 4 rings (SSSR count). The minimum Gasteiger partial charge on any atom is -0.462 e. The van der Waals surface area contributed by atoms with Crippen molar-refractivity contribution in [1.82, 2.24) is 0 Å². The summed E-state index contributed by atoms with van der Waals surface area (Å²) in [6.07, 6.45) is 0. The molecule has 0 saturated carbocycles. The number of carbonyl (C=O) groups is 2. The molecule has 0 fully saturated rings. The molecule has 0 amide bonds. The molecule has 0 aliphatic carbocycles. The van der Waals surface area contributed by atoms with Crippen molar-refractivity contribution >= 4 is 11.9 Å². The van der Waals surface area contributed by atoms with Gasteiger partial charge in [-0.05, 0) is 92.7 Å². The zero-order chi connectivity index (χ0) is 28.2. The van der Waals surface area contributed by atoms with E-state index in [4.69, 9.17) is 9.47 Å². The second-order valence-corrected chi connectivity index (χ2v) is 8.51. The van der Waals surface area contributed by atoms with Gasteiger partial charge in [0, 0.05) is 33.4 Å². The Morgan fingerprint density at radius 2 is 0.800 bits per heavy atom. The van der Waals surface area contributed by atoms with Crippen molar-refractivity contribution in [3.8, 4) is 35.5 Å². The Hall–Kier alpha value is -5.50. The number of hydrogen-bond donors (Lipinski definition) is 0. The monoisotopic (exact) mass is 522 g/mol. The second kappa shape index (κ2) is 13.9. The maximum atomic E-state index is 12.3. The molecule has 0 spiro atoms. The summed E-state index contributed by atoms with van der Waals surface area (Å²) in [4.78, 5) is 24.5. The Labute approximate surface area is 235 Å². The van der Waals surface area contributed by atoms with Gasteiger partial charge in [-0.25, -0.2) is 9.59 Å². The summed E-state index contributed by atoms with van der Waals surface area (Å²) in [5, 5.41) is 0. The number of carbonyl (C=O) groups excluding carboxylic acids is 2. The lowest BCUT2D eigenvalue weighted by molar-refractivity contribution is 0.0525. The summed E-state index contributed by atoms with van der Waals surface area (Å²) in [6, 6.07) is 29.9. The maximum Gasteiger partial charge on any atom is 0.338 e. The molecule has 0 unspecified atom stereocenters. The van der Waals surface area contributed by atoms with Crippen LogP contribution in [0.2, 0.25) is 0 Å². The summed E-state index contributed by atoms with van der Waals surface area (Å²) >= 11 is 0. The molecule has 194 valence electrons. The van der Waals surface area contributed by atoms with Crippen LogP contribution in [0.1, 0.15) is 67.9 Å². The normalized spacial score (nSPS) is 9.55. The number of benzene rings is 4. The molecule has 0 N–H and O–H groups in total. The highest BCUT2D eigenvalue weighted by Gasteiger charge is 2.14. The molecular formula is C36H26O4. The number of hydrogen-bond acceptors (Lipinski definition) is 4. The van der Waals surface area contributed by atoms with Gasteiger partial charge < -0.3 is 9.47 Å². The summed E-state index contributed by atoms with van der Waals surface area (Å²) in [7, 11) is 0. The minimum absolute atomic E-state index is 0.230. The van der Waals surface area contributed by atoms with Gasteiger partial charge in [0.1, 0.15) is 0 Å². The molecule has 4 heteroatoms. The van der Waals surface area contributed by atoms with Crippen LogP contribution >= 0.6 is 0 Å². The third-order valence-corrected chi connectivity index (χ3v) is 5.55. The topological polar surface area (TPSA) is 52.6 Å². The van der Waals surface area contributed by atoms with Crippen LogP contribution in [0.3, 0.4) is 0 Å². The zero-order valence-corrected chi connectivity index (χ0v) is 22.3. The first-order valence-corrected chi connectivity index (χ1v) is 12.8. The predicted molar refractivity (Wildman–Crippen MR) is 156 cm³/mol. The third-order valence-electron chi connectivity index (χ3n) is 5.55. The fourth-order valence-corrected chi connectivity index (χ4v) is 3.59. The van der Waals surface area contributed by atoms with E-state index >= 15 is 0 Å². The third kappa shape index (κ3) is 8.00. The van der Waals surface area contributed by atoms with Crippen LogP contribution in [-0.2, 0) is 9.47 Å². The highest BCUT2D eigenvalue weighted by Crippen LogP contribution is 2.13. The standard InChI is InChI=1S/C36H26O4/c1-3-39-35(37)33-24-32(25-34(26-33)36(38)40-4-2)23-22-31-20-18-30(19-21-31)17-16-29-14-12-28(13-15-29)11-10-27-8-6-5-7-9-27/h5-9,12-15,18-21,24-26H,3-4H2,1-2H3. The van der Waals surface area contributed by atoms with Gasteiger partial charge in [-0.3, -0.25) is 0 Å². The van der Waals surface area contributed by atoms with Gasteiger partial charge in [0.15, 0.2) is 0 Å². The number of ether oxygens (including phenoxy) is 2. The Morgan fingerprint density at radius 3 is 1.15 bits per heavy atom. The largest absolute Gasteiger partial charge is 0.462 e. The Morgan fingerprint density at radius 1 is 0.475 bits per heavy atom. The van der Waals surface area contributed by atoms with Crippen LogP contribution in [0.5, 0.6) is 0 Å². The summed E-state index contributed by atoms with van der Waals surface area (Å²) in [5.41, 5.74) is 5.43. The highest BCUT2D eigenvalue weighted by atomic mass is 16.5. The Balaban J connectivity index is 1.46. The van der Waals surface area contributed by atoms with E-state index in [1.807, 2.05) is 78.9 Å². The van der Waals surface area contributed by atoms with Crippen LogP contribution in [0.25, 0.3) is 0 Å². The first-order chi connectivity index (χ1) is 19.5. The number of esters is 2. The van der Waals surface area contributed by atoms with Crippen LogP contribution in [-0.4, -0.2) is 25.2 Å². The van der Waals surface area contributed by atoms with E-state index < -0.39 is 11.9 Å². The molecule has 0 radical (unpaired) electrons. The molecule has 0 heterocycles. The Bertz CT molecular complexity index is 1640. The molecule has 4 aromatic rings. The van der Waals surface area contributed by atoms with E-state index in [0.717, 1.165) is 27.8 Å². The van der Waals surface area contributed by atoms with Crippen molar-refractivity contribution in [2.75, 3.05) is 13.2 Å². The lowest BCUT2D eigenvalue weighted by Crippen LogP contribution is -2.09. The molecule has 0 aromatic heterocycles. The van der Waals surface area contributed by atoms with Crippen molar-refractivity contribution < 1.29 is 19.1 Å². The lowest BCUT2D eigenvalue weighted by atomic mass is 10.0. The second-order valence-electron chi connectivity index (χ2n) is 8.51. The van der Waals surface area contributed by atoms with E-state index in [1.165, 1.54) is 6.07 Å². The minimum atomic E-state index is -0.519. The fraction of sp³-hybridized carbons (Fsp3) is 0.111. The molecule has 0 aliphatic rings. The SMILES string of the molecule is CCOC(=O)c1cc(C#Cc2ccc(C#Cc3ccc(C#Cc4ccccc4)cc3)cc2)cc(C(=O)OCC)c1. The lowest BCUT2D eigenvalue weighted by Gasteiger charge is -2.06. The summed E-state index contributed by atoms with van der Waals surface area (Å²) in [5.74, 6) is 17.7. The molecule has 4 nitrogen and oxygen atoms in total. The van der Waals surface area contributed by atoms with E-state index in [-0.39, 0.29) is 24.3 Å². The molecular weight excluding hydrogens is 496 g/mol. The molecule has 0 saturated heterocycles. The van der Waals surface area contributed by atoms with Gasteiger partial charge in [-0.2, -0.15) is 0 Å². The van der Waals surface area contributed by atoms with Crippen LogP contribution in [0, 0.1) is 35.5 Å². The fourth-order valence-electron chi connectivity index (χ4n) is 3.59. The van der Waals surface area contributed by atoms with Crippen molar-refractivity contribution in [3.63, 3.8) is 0 Å². The number of rotatable bonds is 4. The van der Waals surface area contributed by atoms with Crippen LogP contribution in [0.15, 0.2) is 97.1 Å².